The van der Waals surface area contributed by atoms with Gasteiger partial charge in [-0.25, -0.2) is 9.67 Å². The minimum absolute atomic E-state index is 0.152. The van der Waals surface area contributed by atoms with E-state index in [-0.39, 0.29) is 6.04 Å². The second-order valence-electron chi connectivity index (χ2n) is 7.62. The van der Waals surface area contributed by atoms with E-state index in [9.17, 15) is 0 Å². The van der Waals surface area contributed by atoms with E-state index in [1.165, 1.54) is 11.1 Å². The Balaban J connectivity index is 1.65. The van der Waals surface area contributed by atoms with Crippen molar-refractivity contribution in [1.82, 2.24) is 24.5 Å². The number of fused-ring (bicyclic) bond motifs is 1. The Kier molecular flexibility index (Phi) is 4.64. The Morgan fingerprint density at radius 3 is 2.33 bits per heavy atom. The predicted octanol–water partition coefficient (Wildman–Crippen LogP) is 4.97. The third kappa shape index (κ3) is 3.28. The summed E-state index contributed by atoms with van der Waals surface area (Å²) in [7, 11) is 1.93. The van der Waals surface area contributed by atoms with Crippen molar-refractivity contribution in [2.24, 2.45) is 7.05 Å². The first-order valence-electron chi connectivity index (χ1n) is 10.1. The van der Waals surface area contributed by atoms with Crippen LogP contribution in [0.4, 0.5) is 0 Å². The fourth-order valence-corrected chi connectivity index (χ4v) is 4.17. The van der Waals surface area contributed by atoms with Crippen LogP contribution in [0.3, 0.4) is 0 Å². The molecule has 5 aromatic rings. The largest absolute Gasteiger partial charge is 0.323 e. The van der Waals surface area contributed by atoms with Crippen LogP contribution in [0.2, 0.25) is 0 Å². The Hall–Kier alpha value is -3.73. The van der Waals surface area contributed by atoms with Gasteiger partial charge in [-0.05, 0) is 36.6 Å². The summed E-state index contributed by atoms with van der Waals surface area (Å²) in [5.41, 5.74) is 7.72. The molecule has 0 saturated carbocycles. The highest BCUT2D eigenvalue weighted by Gasteiger charge is 2.18. The molecule has 0 aliphatic rings. The highest BCUT2D eigenvalue weighted by Crippen LogP contribution is 2.30. The zero-order valence-corrected chi connectivity index (χ0v) is 17.1. The molecule has 1 atom stereocenters. The van der Waals surface area contributed by atoms with Gasteiger partial charge in [0.15, 0.2) is 0 Å². The van der Waals surface area contributed by atoms with Gasteiger partial charge in [0.05, 0.1) is 34.8 Å². The van der Waals surface area contributed by atoms with Gasteiger partial charge in [-0.1, -0.05) is 71.9 Å². The summed E-state index contributed by atoms with van der Waals surface area (Å²) >= 11 is 0. The zero-order chi connectivity index (χ0) is 20.5. The first-order valence-corrected chi connectivity index (χ1v) is 10.1. The van der Waals surface area contributed by atoms with Crippen molar-refractivity contribution in [2.75, 3.05) is 0 Å². The van der Waals surface area contributed by atoms with E-state index in [2.05, 4.69) is 93.7 Å². The SMILES string of the molecule is Cc1nnn(C)c1-c1ccc2ncn(C(Cc3ccccc3)c3ccccc3)c2c1. The molecule has 5 heteroatoms. The van der Waals surface area contributed by atoms with Crippen molar-refractivity contribution in [3.8, 4) is 11.3 Å². The Morgan fingerprint density at radius 2 is 1.63 bits per heavy atom. The van der Waals surface area contributed by atoms with Crippen molar-refractivity contribution in [3.05, 3.63) is 102 Å². The van der Waals surface area contributed by atoms with Gasteiger partial charge in [-0.3, -0.25) is 0 Å². The number of imidazole rings is 1. The molecular formula is C25H23N5. The van der Waals surface area contributed by atoms with E-state index in [1.54, 1.807) is 0 Å². The molecule has 0 fully saturated rings. The number of rotatable bonds is 5. The lowest BCUT2D eigenvalue weighted by Gasteiger charge is -2.21. The molecule has 30 heavy (non-hydrogen) atoms. The van der Waals surface area contributed by atoms with Gasteiger partial charge in [-0.15, -0.1) is 5.10 Å². The first kappa shape index (κ1) is 18.3. The van der Waals surface area contributed by atoms with Crippen LogP contribution in [-0.4, -0.2) is 24.5 Å². The molecule has 2 aromatic heterocycles. The molecule has 0 aliphatic carbocycles. The number of aromatic nitrogens is 5. The zero-order valence-electron chi connectivity index (χ0n) is 17.1. The monoisotopic (exact) mass is 393 g/mol. The van der Waals surface area contributed by atoms with Crippen LogP contribution in [0.1, 0.15) is 22.9 Å². The van der Waals surface area contributed by atoms with Crippen molar-refractivity contribution >= 4 is 11.0 Å². The number of benzene rings is 3. The highest BCUT2D eigenvalue weighted by atomic mass is 15.4. The maximum atomic E-state index is 4.70. The average Bonchev–Trinajstić information content (AvgIpc) is 3.35. The summed E-state index contributed by atoms with van der Waals surface area (Å²) in [5, 5.41) is 8.38. The molecular weight excluding hydrogens is 370 g/mol. The number of aryl methyl sites for hydroxylation is 2. The van der Waals surface area contributed by atoms with Crippen LogP contribution in [0.15, 0.2) is 85.2 Å². The Morgan fingerprint density at radius 1 is 0.900 bits per heavy atom. The van der Waals surface area contributed by atoms with Gasteiger partial charge in [-0.2, -0.15) is 0 Å². The average molecular weight is 393 g/mol. The third-order valence-electron chi connectivity index (χ3n) is 5.64. The molecule has 0 saturated heterocycles. The van der Waals surface area contributed by atoms with E-state index in [4.69, 9.17) is 4.98 Å². The van der Waals surface area contributed by atoms with Gasteiger partial charge < -0.3 is 4.57 Å². The van der Waals surface area contributed by atoms with Gasteiger partial charge in [0.1, 0.15) is 0 Å². The molecule has 3 aromatic carbocycles. The molecule has 1 unspecified atom stereocenters. The van der Waals surface area contributed by atoms with Crippen LogP contribution < -0.4 is 0 Å². The summed E-state index contributed by atoms with van der Waals surface area (Å²) in [4.78, 5) is 4.70. The second kappa shape index (κ2) is 7.59. The predicted molar refractivity (Wildman–Crippen MR) is 119 cm³/mol. The summed E-state index contributed by atoms with van der Waals surface area (Å²) in [6.45, 7) is 1.99. The molecule has 0 amide bonds. The lowest BCUT2D eigenvalue weighted by molar-refractivity contribution is 0.596. The van der Waals surface area contributed by atoms with E-state index >= 15 is 0 Å². The van der Waals surface area contributed by atoms with Gasteiger partial charge in [0, 0.05) is 12.6 Å². The highest BCUT2D eigenvalue weighted by molar-refractivity contribution is 5.82. The number of hydrogen-bond acceptors (Lipinski definition) is 3. The maximum Gasteiger partial charge on any atom is 0.0964 e. The minimum atomic E-state index is 0.152. The number of nitrogens with zero attached hydrogens (tertiary/aromatic N) is 5. The fourth-order valence-electron chi connectivity index (χ4n) is 4.17. The summed E-state index contributed by atoms with van der Waals surface area (Å²) in [6.07, 6.45) is 2.86. The van der Waals surface area contributed by atoms with Crippen LogP contribution >= 0.6 is 0 Å². The number of hydrogen-bond donors (Lipinski definition) is 0. The normalized spacial score (nSPS) is 12.3. The third-order valence-corrected chi connectivity index (χ3v) is 5.64. The molecule has 0 aliphatic heterocycles. The summed E-state index contributed by atoms with van der Waals surface area (Å²) in [6, 6.07) is 27.8. The smallest absolute Gasteiger partial charge is 0.0964 e. The molecule has 148 valence electrons. The van der Waals surface area contributed by atoms with E-state index in [0.29, 0.717) is 0 Å². The standard InChI is InChI=1S/C25H23N5/c1-18-25(29(2)28-27-18)21-13-14-22-24(16-21)30(17-26-22)23(20-11-7-4-8-12-20)15-19-9-5-3-6-10-19/h3-14,16-17,23H,15H2,1-2H3. The van der Waals surface area contributed by atoms with Crippen LogP contribution in [0.25, 0.3) is 22.3 Å². The molecule has 0 bridgehead atoms. The molecule has 2 heterocycles. The fraction of sp³-hybridized carbons (Fsp3) is 0.160. The Bertz CT molecular complexity index is 1270. The van der Waals surface area contributed by atoms with Gasteiger partial charge in [0.25, 0.3) is 0 Å². The maximum absolute atomic E-state index is 4.70. The first-order chi connectivity index (χ1) is 14.7. The molecule has 0 spiro atoms. The van der Waals surface area contributed by atoms with Crippen LogP contribution in [0, 0.1) is 6.92 Å². The topological polar surface area (TPSA) is 48.5 Å². The molecule has 0 N–H and O–H groups in total. The lowest BCUT2D eigenvalue weighted by Crippen LogP contribution is -2.13. The lowest BCUT2D eigenvalue weighted by atomic mass is 9.98. The van der Waals surface area contributed by atoms with E-state index in [0.717, 1.165) is 34.4 Å². The summed E-state index contributed by atoms with van der Waals surface area (Å²) < 4.78 is 4.12. The van der Waals surface area contributed by atoms with Crippen molar-refractivity contribution in [2.45, 2.75) is 19.4 Å². The van der Waals surface area contributed by atoms with Gasteiger partial charge in [0.2, 0.25) is 0 Å². The van der Waals surface area contributed by atoms with E-state index in [1.807, 2.05) is 25.0 Å². The molecule has 5 nitrogen and oxygen atoms in total. The van der Waals surface area contributed by atoms with Crippen LogP contribution in [-0.2, 0) is 13.5 Å². The van der Waals surface area contributed by atoms with E-state index < -0.39 is 0 Å². The molecule has 5 rings (SSSR count). The van der Waals surface area contributed by atoms with Crippen molar-refractivity contribution in [1.29, 1.82) is 0 Å². The molecule has 0 radical (unpaired) electrons. The van der Waals surface area contributed by atoms with Gasteiger partial charge >= 0.3 is 0 Å². The second-order valence-corrected chi connectivity index (χ2v) is 7.62. The minimum Gasteiger partial charge on any atom is -0.323 e. The summed E-state index contributed by atoms with van der Waals surface area (Å²) in [5.74, 6) is 0. The quantitative estimate of drug-likeness (QED) is 0.423. The van der Waals surface area contributed by atoms with Crippen molar-refractivity contribution < 1.29 is 0 Å². The van der Waals surface area contributed by atoms with Crippen LogP contribution in [0.5, 0.6) is 0 Å². The Labute approximate surface area is 175 Å². The van der Waals surface area contributed by atoms with Crippen molar-refractivity contribution in [3.63, 3.8) is 0 Å².